The summed E-state index contributed by atoms with van der Waals surface area (Å²) in [6.45, 7) is 4.79. The molecule has 0 aliphatic carbocycles. The van der Waals surface area contributed by atoms with Crippen molar-refractivity contribution in [3.05, 3.63) is 47.5 Å². The summed E-state index contributed by atoms with van der Waals surface area (Å²) < 4.78 is 1.79. The lowest BCUT2D eigenvalue weighted by Crippen LogP contribution is -2.01. The Kier molecular flexibility index (Phi) is 3.01. The molecule has 0 aliphatic heterocycles. The first-order chi connectivity index (χ1) is 7.70. The predicted molar refractivity (Wildman–Crippen MR) is 60.9 cm³/mol. The van der Waals surface area contributed by atoms with Crippen molar-refractivity contribution in [1.82, 2.24) is 14.8 Å². The van der Waals surface area contributed by atoms with Crippen molar-refractivity contribution in [3.8, 4) is 0 Å². The van der Waals surface area contributed by atoms with E-state index in [-0.39, 0.29) is 0 Å². The molecular formula is C12H15N3O. The molecule has 16 heavy (non-hydrogen) atoms. The first-order valence-electron chi connectivity index (χ1n) is 5.33. The molecule has 0 fully saturated rings. The lowest BCUT2D eigenvalue weighted by molar-refractivity contribution is 0.215. The van der Waals surface area contributed by atoms with Crippen LogP contribution in [-0.4, -0.2) is 19.9 Å². The molecule has 2 rings (SSSR count). The number of aromatic nitrogens is 3. The highest BCUT2D eigenvalue weighted by atomic mass is 16.3. The average Bonchev–Trinajstić information content (AvgIpc) is 2.76. The fourth-order valence-electron chi connectivity index (χ4n) is 1.57. The second-order valence-corrected chi connectivity index (χ2v) is 3.79. The highest BCUT2D eigenvalue weighted by molar-refractivity contribution is 5.24. The van der Waals surface area contributed by atoms with Gasteiger partial charge in [0.1, 0.15) is 6.10 Å². The zero-order valence-corrected chi connectivity index (χ0v) is 9.46. The molecule has 0 saturated heterocycles. The van der Waals surface area contributed by atoms with Gasteiger partial charge in [-0.1, -0.05) is 0 Å². The molecule has 0 amide bonds. The van der Waals surface area contributed by atoms with Gasteiger partial charge in [-0.05, 0) is 31.5 Å². The number of aryl methyl sites for hydroxylation is 2. The summed E-state index contributed by atoms with van der Waals surface area (Å²) in [5.74, 6) is 0. The van der Waals surface area contributed by atoms with Crippen molar-refractivity contribution in [2.75, 3.05) is 0 Å². The van der Waals surface area contributed by atoms with Gasteiger partial charge in [-0.3, -0.25) is 9.67 Å². The van der Waals surface area contributed by atoms with E-state index in [0.29, 0.717) is 5.69 Å². The summed E-state index contributed by atoms with van der Waals surface area (Å²) in [6, 6.07) is 3.79. The van der Waals surface area contributed by atoms with Crippen molar-refractivity contribution in [1.29, 1.82) is 0 Å². The van der Waals surface area contributed by atoms with Crippen LogP contribution in [0.25, 0.3) is 0 Å². The smallest absolute Gasteiger partial charge is 0.124 e. The number of hydrogen-bond donors (Lipinski definition) is 1. The highest BCUT2D eigenvalue weighted by Crippen LogP contribution is 2.19. The van der Waals surface area contributed by atoms with Crippen LogP contribution in [0.1, 0.15) is 29.8 Å². The Hall–Kier alpha value is -1.68. The summed E-state index contributed by atoms with van der Waals surface area (Å²) in [6.07, 6.45) is 4.53. The van der Waals surface area contributed by atoms with Crippen LogP contribution in [0, 0.1) is 6.92 Å². The van der Waals surface area contributed by atoms with Crippen LogP contribution >= 0.6 is 0 Å². The van der Waals surface area contributed by atoms with Gasteiger partial charge in [0.15, 0.2) is 0 Å². The molecule has 1 unspecified atom stereocenters. The Labute approximate surface area is 94.6 Å². The quantitative estimate of drug-likeness (QED) is 0.851. The van der Waals surface area contributed by atoms with Crippen LogP contribution in [0.3, 0.4) is 0 Å². The molecule has 0 spiro atoms. The highest BCUT2D eigenvalue weighted by Gasteiger charge is 2.13. The fraction of sp³-hybridized carbons (Fsp3) is 0.333. The Morgan fingerprint density at radius 3 is 2.94 bits per heavy atom. The van der Waals surface area contributed by atoms with Gasteiger partial charge in [-0.15, -0.1) is 0 Å². The maximum Gasteiger partial charge on any atom is 0.124 e. The normalized spacial score (nSPS) is 12.7. The van der Waals surface area contributed by atoms with E-state index >= 15 is 0 Å². The van der Waals surface area contributed by atoms with E-state index in [1.807, 2.05) is 32.2 Å². The van der Waals surface area contributed by atoms with Gasteiger partial charge in [0.2, 0.25) is 0 Å². The molecule has 1 N–H and O–H groups in total. The fourth-order valence-corrected chi connectivity index (χ4v) is 1.57. The summed E-state index contributed by atoms with van der Waals surface area (Å²) in [7, 11) is 0. The minimum atomic E-state index is -0.694. The van der Waals surface area contributed by atoms with E-state index in [1.54, 1.807) is 17.1 Å². The second kappa shape index (κ2) is 4.45. The number of nitrogens with zero attached hydrogens (tertiary/aromatic N) is 3. The standard InChI is InChI=1S/C12H15N3O/c1-3-15-8-10(7-14-15)12(16)11-6-9(2)4-5-13-11/h4-8,12,16H,3H2,1-2H3. The molecule has 2 heterocycles. The molecule has 2 aromatic heterocycles. The Bertz CT molecular complexity index is 479. The molecule has 0 aromatic carbocycles. The lowest BCUT2D eigenvalue weighted by atomic mass is 10.1. The maximum absolute atomic E-state index is 10.1. The van der Waals surface area contributed by atoms with Crippen molar-refractivity contribution < 1.29 is 5.11 Å². The number of hydrogen-bond acceptors (Lipinski definition) is 3. The molecule has 0 bridgehead atoms. The monoisotopic (exact) mass is 217 g/mol. The van der Waals surface area contributed by atoms with Crippen LogP contribution in [0.2, 0.25) is 0 Å². The molecule has 4 nitrogen and oxygen atoms in total. The van der Waals surface area contributed by atoms with E-state index in [4.69, 9.17) is 0 Å². The van der Waals surface area contributed by atoms with Gasteiger partial charge >= 0.3 is 0 Å². The second-order valence-electron chi connectivity index (χ2n) is 3.79. The minimum absolute atomic E-state index is 0.663. The third-order valence-corrected chi connectivity index (χ3v) is 2.51. The van der Waals surface area contributed by atoms with Gasteiger partial charge in [0.25, 0.3) is 0 Å². The maximum atomic E-state index is 10.1. The average molecular weight is 217 g/mol. The van der Waals surface area contributed by atoms with E-state index in [1.165, 1.54) is 0 Å². The predicted octanol–water partition coefficient (Wildman–Crippen LogP) is 1.69. The van der Waals surface area contributed by atoms with Gasteiger partial charge in [-0.25, -0.2) is 0 Å². The summed E-state index contributed by atoms with van der Waals surface area (Å²) in [5, 5.41) is 14.2. The van der Waals surface area contributed by atoms with Crippen molar-refractivity contribution in [2.24, 2.45) is 0 Å². The van der Waals surface area contributed by atoms with E-state index in [9.17, 15) is 5.11 Å². The van der Waals surface area contributed by atoms with Crippen molar-refractivity contribution in [3.63, 3.8) is 0 Å². The van der Waals surface area contributed by atoms with Gasteiger partial charge < -0.3 is 5.11 Å². The van der Waals surface area contributed by atoms with Crippen LogP contribution in [0.4, 0.5) is 0 Å². The molecule has 0 saturated carbocycles. The van der Waals surface area contributed by atoms with Crippen LogP contribution < -0.4 is 0 Å². The summed E-state index contributed by atoms with van der Waals surface area (Å²) >= 11 is 0. The molecule has 1 atom stereocenters. The van der Waals surface area contributed by atoms with Crippen LogP contribution in [-0.2, 0) is 6.54 Å². The Balaban J connectivity index is 2.27. The molecular weight excluding hydrogens is 202 g/mol. The minimum Gasteiger partial charge on any atom is -0.382 e. The molecule has 0 aliphatic rings. The number of aliphatic hydroxyl groups is 1. The summed E-state index contributed by atoms with van der Waals surface area (Å²) in [5.41, 5.74) is 2.53. The molecule has 0 radical (unpaired) electrons. The van der Waals surface area contributed by atoms with Gasteiger partial charge in [0.05, 0.1) is 11.9 Å². The third kappa shape index (κ3) is 2.12. The molecule has 2 aromatic rings. The zero-order chi connectivity index (χ0) is 11.5. The SMILES string of the molecule is CCn1cc(C(O)c2cc(C)ccn2)cn1. The summed E-state index contributed by atoms with van der Waals surface area (Å²) in [4.78, 5) is 4.16. The molecule has 4 heteroatoms. The van der Waals surface area contributed by atoms with Crippen molar-refractivity contribution >= 4 is 0 Å². The van der Waals surface area contributed by atoms with E-state index in [0.717, 1.165) is 17.7 Å². The number of rotatable bonds is 3. The van der Waals surface area contributed by atoms with Crippen molar-refractivity contribution in [2.45, 2.75) is 26.5 Å². The topological polar surface area (TPSA) is 50.9 Å². The van der Waals surface area contributed by atoms with Gasteiger partial charge in [-0.2, -0.15) is 5.10 Å². The first kappa shape index (κ1) is 10.8. The van der Waals surface area contributed by atoms with E-state index < -0.39 is 6.10 Å². The third-order valence-electron chi connectivity index (χ3n) is 2.51. The lowest BCUT2D eigenvalue weighted by Gasteiger charge is -2.07. The van der Waals surface area contributed by atoms with Crippen LogP contribution in [0.5, 0.6) is 0 Å². The number of aliphatic hydroxyl groups excluding tert-OH is 1. The molecule has 84 valence electrons. The van der Waals surface area contributed by atoms with Crippen LogP contribution in [0.15, 0.2) is 30.7 Å². The zero-order valence-electron chi connectivity index (χ0n) is 9.46. The Morgan fingerprint density at radius 2 is 2.31 bits per heavy atom. The number of pyridine rings is 1. The largest absolute Gasteiger partial charge is 0.382 e. The van der Waals surface area contributed by atoms with E-state index in [2.05, 4.69) is 10.1 Å². The first-order valence-corrected chi connectivity index (χ1v) is 5.33. The van der Waals surface area contributed by atoms with Gasteiger partial charge in [0, 0.05) is 24.5 Å². The Morgan fingerprint density at radius 1 is 1.50 bits per heavy atom.